The van der Waals surface area contributed by atoms with E-state index in [1.165, 1.54) is 28.4 Å². The van der Waals surface area contributed by atoms with Crippen molar-refractivity contribution < 1.29 is 13.9 Å². The van der Waals surface area contributed by atoms with E-state index in [4.69, 9.17) is 19.4 Å². The maximum absolute atomic E-state index is 14.4. The van der Waals surface area contributed by atoms with Gasteiger partial charge in [-0.2, -0.15) is 9.97 Å². The van der Waals surface area contributed by atoms with Crippen molar-refractivity contribution in [3.8, 4) is 6.01 Å². The van der Waals surface area contributed by atoms with Crippen molar-refractivity contribution in [2.75, 3.05) is 37.7 Å². The summed E-state index contributed by atoms with van der Waals surface area (Å²) in [6, 6.07) is 7.94. The van der Waals surface area contributed by atoms with Crippen LogP contribution < -0.4 is 15.0 Å². The summed E-state index contributed by atoms with van der Waals surface area (Å²) in [6.07, 6.45) is 8.16. The van der Waals surface area contributed by atoms with Gasteiger partial charge in [0.25, 0.3) is 0 Å². The van der Waals surface area contributed by atoms with Crippen molar-refractivity contribution in [3.05, 3.63) is 45.1 Å². The van der Waals surface area contributed by atoms with Gasteiger partial charge in [-0.05, 0) is 68.7 Å². The van der Waals surface area contributed by atoms with E-state index < -0.39 is 6.17 Å². The van der Waals surface area contributed by atoms with Gasteiger partial charge in [-0.15, -0.1) is 0 Å². The van der Waals surface area contributed by atoms with Crippen LogP contribution in [0.3, 0.4) is 0 Å². The van der Waals surface area contributed by atoms with Crippen LogP contribution in [0.5, 0.6) is 6.01 Å². The monoisotopic (exact) mass is 597 g/mol. The molecular weight excluding hydrogens is 561 g/mol. The van der Waals surface area contributed by atoms with Crippen LogP contribution in [0.15, 0.2) is 22.7 Å². The minimum Gasteiger partial charge on any atom is -0.461 e. The van der Waals surface area contributed by atoms with E-state index in [1.54, 1.807) is 0 Å². The zero-order chi connectivity index (χ0) is 26.2. The number of alkyl halides is 1. The summed E-state index contributed by atoms with van der Waals surface area (Å²) in [7, 11) is 0. The molecule has 1 unspecified atom stereocenters. The Bertz CT molecular complexity index is 1280. The molecule has 6 heterocycles. The molecule has 0 radical (unpaired) electrons. The molecule has 1 aliphatic carbocycles. The number of hydrogen-bond donors (Lipinski definition) is 1. The predicted molar refractivity (Wildman–Crippen MR) is 150 cm³/mol. The highest BCUT2D eigenvalue weighted by atomic mass is 79.9. The predicted octanol–water partition coefficient (Wildman–Crippen LogP) is 4.44. The first-order valence-electron chi connectivity index (χ1n) is 14.8. The molecule has 1 aromatic heterocycles. The van der Waals surface area contributed by atoms with Gasteiger partial charge < -0.3 is 19.7 Å². The van der Waals surface area contributed by atoms with Crippen LogP contribution in [0.25, 0.3) is 0 Å². The zero-order valence-electron chi connectivity index (χ0n) is 22.4. The molecular formula is C30H37BrFN5O2. The highest BCUT2D eigenvalue weighted by molar-refractivity contribution is 9.10. The lowest BCUT2D eigenvalue weighted by atomic mass is 9.75. The Morgan fingerprint density at radius 2 is 1.97 bits per heavy atom. The topological polar surface area (TPSA) is 62.8 Å². The lowest BCUT2D eigenvalue weighted by Gasteiger charge is -2.43. The van der Waals surface area contributed by atoms with Crippen molar-refractivity contribution in [1.29, 1.82) is 0 Å². The molecule has 1 N–H and O–H groups in total. The minimum absolute atomic E-state index is 0.216. The van der Waals surface area contributed by atoms with Gasteiger partial charge in [0.05, 0.1) is 23.4 Å². The van der Waals surface area contributed by atoms with Gasteiger partial charge in [0.2, 0.25) is 0 Å². The van der Waals surface area contributed by atoms with Gasteiger partial charge in [0.15, 0.2) is 0 Å². The smallest absolute Gasteiger partial charge is 0.318 e. The molecule has 0 saturated carbocycles. The third-order valence-electron chi connectivity index (χ3n) is 10.4. The molecule has 8 rings (SSSR count). The number of benzene rings is 1. The van der Waals surface area contributed by atoms with E-state index in [9.17, 15) is 4.39 Å². The summed E-state index contributed by atoms with van der Waals surface area (Å²) < 4.78 is 28.9. The first-order chi connectivity index (χ1) is 19.0. The van der Waals surface area contributed by atoms with E-state index in [0.717, 1.165) is 75.2 Å². The lowest BCUT2D eigenvalue weighted by molar-refractivity contribution is -0.0856. The third kappa shape index (κ3) is 4.13. The Morgan fingerprint density at radius 3 is 2.85 bits per heavy atom. The average molecular weight is 599 g/mol. The Morgan fingerprint density at radius 1 is 1.10 bits per heavy atom. The fourth-order valence-corrected chi connectivity index (χ4v) is 9.09. The third-order valence-corrected chi connectivity index (χ3v) is 11.1. The second-order valence-electron chi connectivity index (χ2n) is 12.7. The van der Waals surface area contributed by atoms with Crippen LogP contribution in [-0.2, 0) is 29.8 Å². The number of rotatable bonds is 4. The van der Waals surface area contributed by atoms with Crippen LogP contribution in [-0.4, -0.2) is 71.4 Å². The molecule has 5 aliphatic heterocycles. The number of halogens is 2. The Labute approximate surface area is 238 Å². The van der Waals surface area contributed by atoms with Gasteiger partial charge in [-0.25, -0.2) is 4.39 Å². The quantitative estimate of drug-likeness (QED) is 0.559. The lowest BCUT2D eigenvalue weighted by Crippen LogP contribution is -2.52. The maximum atomic E-state index is 14.4. The molecule has 208 valence electrons. The molecule has 2 bridgehead atoms. The summed E-state index contributed by atoms with van der Waals surface area (Å²) in [5.41, 5.74) is 4.23. The molecule has 9 heteroatoms. The van der Waals surface area contributed by atoms with Crippen molar-refractivity contribution in [2.24, 2.45) is 0 Å². The second kappa shape index (κ2) is 9.36. The van der Waals surface area contributed by atoms with E-state index in [-0.39, 0.29) is 11.1 Å². The van der Waals surface area contributed by atoms with Crippen LogP contribution in [0.4, 0.5) is 10.2 Å². The maximum Gasteiger partial charge on any atom is 0.318 e. The first-order valence-corrected chi connectivity index (χ1v) is 15.6. The summed E-state index contributed by atoms with van der Waals surface area (Å²) in [5, 5.41) is 3.75. The van der Waals surface area contributed by atoms with E-state index in [1.807, 2.05) is 0 Å². The van der Waals surface area contributed by atoms with E-state index >= 15 is 0 Å². The molecule has 5 atom stereocenters. The highest BCUT2D eigenvalue weighted by Gasteiger charge is 2.50. The highest BCUT2D eigenvalue weighted by Crippen LogP contribution is 2.48. The van der Waals surface area contributed by atoms with Gasteiger partial charge in [0.1, 0.15) is 18.6 Å². The Balaban J connectivity index is 1.16. The van der Waals surface area contributed by atoms with E-state index in [2.05, 4.69) is 49.2 Å². The summed E-state index contributed by atoms with van der Waals surface area (Å²) >= 11 is 3.79. The second-order valence-corrected chi connectivity index (χ2v) is 13.6. The molecule has 0 amide bonds. The number of aromatic nitrogens is 2. The van der Waals surface area contributed by atoms with Gasteiger partial charge in [-0.3, -0.25) is 4.90 Å². The largest absolute Gasteiger partial charge is 0.461 e. The van der Waals surface area contributed by atoms with Crippen LogP contribution in [0, 0.1) is 0 Å². The van der Waals surface area contributed by atoms with E-state index in [0.29, 0.717) is 44.3 Å². The number of ether oxygens (including phenoxy) is 2. The molecule has 2 aromatic rings. The SMILES string of the molecule is F[C@H]1CN2CCC[C@@]2(COc2nc3c(c(N4C[C@H]5CC[C@@H](C4)N5)n2)COC2(CCCc4c(Br)cccc42)C3)C1. The number of hydrogen-bond acceptors (Lipinski definition) is 7. The standard InChI is InChI=1S/C30H37BrFN5O2/c31-25-6-1-5-24-22(25)4-2-10-30(24)13-26-23(17-39-30)27(36-15-20-7-8-21(16-36)33-20)35-28(34-26)38-18-29-9-3-11-37(29)14-19(32)12-29/h1,5-6,19-21,33H,2-4,7-18H2/t19-,20-,21+,29+,30?/m1/s1. The Hall–Kier alpha value is -1.81. The Kier molecular flexibility index (Phi) is 5.99. The summed E-state index contributed by atoms with van der Waals surface area (Å²) in [4.78, 5) is 14.9. The molecule has 6 aliphatic rings. The average Bonchev–Trinajstić information content (AvgIpc) is 3.58. The van der Waals surface area contributed by atoms with Crippen molar-refractivity contribution in [2.45, 2.75) is 93.8 Å². The minimum atomic E-state index is -0.770. The fourth-order valence-electron chi connectivity index (χ4n) is 8.52. The summed E-state index contributed by atoms with van der Waals surface area (Å²) in [5.74, 6) is 0.976. The number of anilines is 1. The van der Waals surface area contributed by atoms with Crippen molar-refractivity contribution >= 4 is 21.7 Å². The van der Waals surface area contributed by atoms with Crippen molar-refractivity contribution in [1.82, 2.24) is 20.2 Å². The molecule has 4 saturated heterocycles. The number of nitrogens with one attached hydrogen (secondary N) is 1. The van der Waals surface area contributed by atoms with Crippen molar-refractivity contribution in [3.63, 3.8) is 0 Å². The normalized spacial score (nSPS) is 35.2. The van der Waals surface area contributed by atoms with Gasteiger partial charge >= 0.3 is 6.01 Å². The van der Waals surface area contributed by atoms with Crippen LogP contribution >= 0.6 is 15.9 Å². The van der Waals surface area contributed by atoms with Gasteiger partial charge in [0, 0.05) is 54.6 Å². The van der Waals surface area contributed by atoms with Crippen LogP contribution in [0.1, 0.15) is 67.3 Å². The number of fused-ring (bicyclic) bond motifs is 6. The first kappa shape index (κ1) is 24.9. The number of nitrogens with zero attached hydrogens (tertiary/aromatic N) is 4. The van der Waals surface area contributed by atoms with Crippen LogP contribution in [0.2, 0.25) is 0 Å². The summed E-state index contributed by atoms with van der Waals surface area (Å²) in [6.45, 7) is 4.34. The molecule has 39 heavy (non-hydrogen) atoms. The number of piperazine rings is 1. The molecule has 1 spiro atoms. The molecule has 7 nitrogen and oxygen atoms in total. The fraction of sp³-hybridized carbons (Fsp3) is 0.667. The zero-order valence-corrected chi connectivity index (χ0v) is 24.0. The van der Waals surface area contributed by atoms with Gasteiger partial charge in [-0.1, -0.05) is 28.1 Å². The molecule has 4 fully saturated rings. The molecule has 1 aromatic carbocycles.